The number of nitrogens with zero attached hydrogens (tertiary/aromatic N) is 4. The molecule has 6 aromatic rings. The molecule has 10 nitrogen and oxygen atoms in total. The van der Waals surface area contributed by atoms with Gasteiger partial charge in [0.1, 0.15) is 23.1 Å². The van der Waals surface area contributed by atoms with Crippen molar-refractivity contribution in [3.8, 4) is 27.6 Å². The third kappa shape index (κ3) is 5.64. The summed E-state index contributed by atoms with van der Waals surface area (Å²) in [5, 5.41) is 10.0. The molecular formula is C38H30F4N6O4S. The van der Waals surface area contributed by atoms with E-state index in [1.54, 1.807) is 30.2 Å². The summed E-state index contributed by atoms with van der Waals surface area (Å²) in [6, 6.07) is 13.8. The summed E-state index contributed by atoms with van der Waals surface area (Å²) < 4.78 is 68.4. The van der Waals surface area contributed by atoms with Crippen LogP contribution in [0.5, 0.6) is 5.75 Å². The van der Waals surface area contributed by atoms with E-state index >= 15 is 0 Å². The van der Waals surface area contributed by atoms with Crippen LogP contribution in [0.25, 0.3) is 32.0 Å². The quantitative estimate of drug-likeness (QED) is 0.150. The maximum Gasteiger partial charge on any atom is 0.434 e. The van der Waals surface area contributed by atoms with Gasteiger partial charge >= 0.3 is 11.9 Å². The topological polar surface area (TPSA) is 126 Å². The highest BCUT2D eigenvalue weighted by Gasteiger charge is 2.45. The van der Waals surface area contributed by atoms with Gasteiger partial charge in [-0.2, -0.15) is 13.2 Å². The number of thiophene rings is 1. The summed E-state index contributed by atoms with van der Waals surface area (Å²) >= 11 is 1.19. The normalized spacial score (nSPS) is 17.8. The van der Waals surface area contributed by atoms with E-state index in [2.05, 4.69) is 20.5 Å². The Bertz CT molecular complexity index is 2490. The van der Waals surface area contributed by atoms with E-state index < -0.39 is 17.6 Å². The molecule has 4 aromatic heterocycles. The first kappa shape index (κ1) is 33.3. The number of aromatic amines is 1. The maximum atomic E-state index is 14.4. The molecule has 2 aromatic carbocycles. The van der Waals surface area contributed by atoms with Crippen molar-refractivity contribution >= 4 is 33.1 Å². The molecule has 0 unspecified atom stereocenters. The standard InChI is InChI=1S/C38H30F4N6O4S/c1-51-26-6-2-4-21-22(26)12-14-23(21)44-34-33-19(17-28(45-34)38(40,41)42)16-27(53-33)30-29(35-46-47-37(50)52-35)24(13-9-18-7-10-20(39)11-8-18)43-32-25-5-3-15-48(25)36(49)31(30)32/h2,4,6-8,10-11,16-17,23,25H,3,5,9,12-15H2,1H3,(H,44,45)(H,47,50)/t23-,25+/m1/s1. The van der Waals surface area contributed by atoms with Crippen LogP contribution in [0.3, 0.4) is 0 Å². The number of hydrogen-bond acceptors (Lipinski definition) is 9. The van der Waals surface area contributed by atoms with E-state index in [0.29, 0.717) is 76.3 Å². The van der Waals surface area contributed by atoms with Gasteiger partial charge in [-0.1, -0.05) is 24.3 Å². The molecule has 2 N–H and O–H groups in total. The van der Waals surface area contributed by atoms with Crippen LogP contribution in [0.4, 0.5) is 23.4 Å². The molecule has 0 saturated carbocycles. The van der Waals surface area contributed by atoms with Crippen LogP contribution in [0, 0.1) is 5.82 Å². The average molecular weight is 743 g/mol. The van der Waals surface area contributed by atoms with Gasteiger partial charge in [-0.25, -0.2) is 19.3 Å². The number of aryl methyl sites for hydroxylation is 2. The van der Waals surface area contributed by atoms with Crippen molar-refractivity contribution in [2.75, 3.05) is 19.0 Å². The van der Waals surface area contributed by atoms with E-state index in [9.17, 15) is 27.2 Å². The van der Waals surface area contributed by atoms with Crippen molar-refractivity contribution in [2.45, 2.75) is 56.8 Å². The van der Waals surface area contributed by atoms with Gasteiger partial charge in [0.15, 0.2) is 0 Å². The Balaban J connectivity index is 1.25. The summed E-state index contributed by atoms with van der Waals surface area (Å²) in [5.41, 5.74) is 3.73. The van der Waals surface area contributed by atoms with Crippen LogP contribution in [0.15, 0.2) is 63.8 Å². The second-order valence-corrected chi connectivity index (χ2v) is 14.5. The van der Waals surface area contributed by atoms with Gasteiger partial charge in [0.25, 0.3) is 11.8 Å². The molecule has 0 bridgehead atoms. The first-order valence-electron chi connectivity index (χ1n) is 17.2. The molecule has 2 aliphatic heterocycles. The van der Waals surface area contributed by atoms with Crippen molar-refractivity contribution in [2.24, 2.45) is 0 Å². The zero-order valence-electron chi connectivity index (χ0n) is 28.1. The third-order valence-electron chi connectivity index (χ3n) is 10.4. The minimum absolute atomic E-state index is 0.0637. The highest BCUT2D eigenvalue weighted by atomic mass is 32.1. The molecule has 15 heteroatoms. The van der Waals surface area contributed by atoms with Crippen molar-refractivity contribution < 1.29 is 31.5 Å². The number of carbonyl (C=O) groups excluding carboxylic acids is 1. The van der Waals surface area contributed by atoms with Crippen LogP contribution in [0.1, 0.15) is 75.5 Å². The lowest BCUT2D eigenvalue weighted by atomic mass is 9.93. The molecule has 1 saturated heterocycles. The van der Waals surface area contributed by atoms with Crippen LogP contribution >= 0.6 is 11.3 Å². The fourth-order valence-corrected chi connectivity index (χ4v) is 9.15. The molecule has 2 atom stereocenters. The van der Waals surface area contributed by atoms with Crippen LogP contribution < -0.4 is 15.8 Å². The fourth-order valence-electron chi connectivity index (χ4n) is 8.00. The molecule has 3 aliphatic rings. The lowest BCUT2D eigenvalue weighted by Crippen LogP contribution is -2.22. The fraction of sp³-hybridized carbons (Fsp3) is 0.289. The minimum atomic E-state index is -4.74. The molecule has 270 valence electrons. The van der Waals surface area contributed by atoms with Gasteiger partial charge in [-0.3, -0.25) is 9.78 Å². The van der Waals surface area contributed by atoms with Crippen LogP contribution in [-0.4, -0.2) is 44.6 Å². The van der Waals surface area contributed by atoms with E-state index in [-0.39, 0.29) is 40.9 Å². The Kier molecular flexibility index (Phi) is 7.87. The number of fused-ring (bicyclic) bond motifs is 5. The smallest absolute Gasteiger partial charge is 0.434 e. The summed E-state index contributed by atoms with van der Waals surface area (Å²) in [7, 11) is 1.59. The summed E-state index contributed by atoms with van der Waals surface area (Å²) in [6.45, 7) is 0.532. The summed E-state index contributed by atoms with van der Waals surface area (Å²) in [4.78, 5) is 37.9. The number of aromatic nitrogens is 4. The number of pyridine rings is 2. The predicted molar refractivity (Wildman–Crippen MR) is 188 cm³/mol. The van der Waals surface area contributed by atoms with Gasteiger partial charge in [-0.15, -0.1) is 16.4 Å². The second-order valence-electron chi connectivity index (χ2n) is 13.4. The molecule has 0 radical (unpaired) electrons. The SMILES string of the molecule is COc1cccc2c1CC[C@H]2Nc1nc(C(F)(F)F)cc2cc(-c3c4c(nc(CCc5ccc(F)cc5)c3-c3n[nH]c(=O)o3)[C@@H]3CCCN3C4=O)sc12. The molecule has 53 heavy (non-hydrogen) atoms. The first-order chi connectivity index (χ1) is 25.6. The number of H-pyrrole nitrogens is 1. The van der Waals surface area contributed by atoms with Crippen LogP contribution in [-0.2, 0) is 25.4 Å². The van der Waals surface area contributed by atoms with Crippen molar-refractivity contribution in [1.29, 1.82) is 0 Å². The Morgan fingerprint density at radius 1 is 1.04 bits per heavy atom. The lowest BCUT2D eigenvalue weighted by Gasteiger charge is -2.17. The number of benzene rings is 2. The summed E-state index contributed by atoms with van der Waals surface area (Å²) in [6.07, 6.45) is -1.20. The molecule has 1 amide bonds. The number of methoxy groups -OCH3 is 1. The number of halogens is 4. The van der Waals surface area contributed by atoms with E-state index in [1.807, 2.05) is 18.2 Å². The van der Waals surface area contributed by atoms with E-state index in [4.69, 9.17) is 14.1 Å². The molecule has 0 spiro atoms. The Labute approximate surface area is 302 Å². The number of carbonyl (C=O) groups is 1. The van der Waals surface area contributed by atoms with Gasteiger partial charge in [0.05, 0.1) is 46.4 Å². The monoisotopic (exact) mass is 742 g/mol. The first-order valence-corrected chi connectivity index (χ1v) is 18.0. The Hall–Kier alpha value is -5.57. The molecule has 1 aliphatic carbocycles. The minimum Gasteiger partial charge on any atom is -0.496 e. The molecule has 9 rings (SSSR count). The molecule has 1 fully saturated rings. The number of nitrogens with one attached hydrogen (secondary N) is 2. The van der Waals surface area contributed by atoms with Crippen molar-refractivity contribution in [3.05, 3.63) is 110 Å². The Morgan fingerprint density at radius 2 is 1.87 bits per heavy atom. The van der Waals surface area contributed by atoms with Gasteiger partial charge in [-0.05, 0) is 90.9 Å². The number of anilines is 1. The maximum absolute atomic E-state index is 14.4. The number of amides is 1. The zero-order valence-corrected chi connectivity index (χ0v) is 29.0. The second kappa shape index (κ2) is 12.5. The van der Waals surface area contributed by atoms with Gasteiger partial charge in [0, 0.05) is 17.0 Å². The number of rotatable bonds is 8. The van der Waals surface area contributed by atoms with E-state index in [1.165, 1.54) is 23.5 Å². The van der Waals surface area contributed by atoms with E-state index in [0.717, 1.165) is 34.9 Å². The highest BCUT2D eigenvalue weighted by Crippen LogP contribution is 2.51. The van der Waals surface area contributed by atoms with Crippen molar-refractivity contribution in [3.63, 3.8) is 0 Å². The predicted octanol–water partition coefficient (Wildman–Crippen LogP) is 8.04. The number of alkyl halides is 3. The van der Waals surface area contributed by atoms with Gasteiger partial charge < -0.3 is 19.4 Å². The lowest BCUT2D eigenvalue weighted by molar-refractivity contribution is -0.141. The van der Waals surface area contributed by atoms with Gasteiger partial charge in [0.2, 0.25) is 0 Å². The zero-order chi connectivity index (χ0) is 36.6. The summed E-state index contributed by atoms with van der Waals surface area (Å²) in [5.74, 6) is -0.765. The van der Waals surface area contributed by atoms with Crippen LogP contribution in [0.2, 0.25) is 0 Å². The number of ether oxygens (including phenoxy) is 1. The molecular weight excluding hydrogens is 713 g/mol. The largest absolute Gasteiger partial charge is 0.496 e. The average Bonchev–Trinajstić information content (AvgIpc) is 3.98. The number of hydrogen-bond donors (Lipinski definition) is 2. The van der Waals surface area contributed by atoms with Crippen molar-refractivity contribution in [1.82, 2.24) is 25.1 Å². The third-order valence-corrected chi connectivity index (χ3v) is 11.5. The molecule has 6 heterocycles. The Morgan fingerprint density at radius 3 is 2.62 bits per heavy atom. The highest BCUT2D eigenvalue weighted by molar-refractivity contribution is 7.23.